The van der Waals surface area contributed by atoms with Crippen LogP contribution in [0.2, 0.25) is 10.0 Å². The molecular weight excluding hydrogens is 547 g/mol. The lowest BCUT2D eigenvalue weighted by Crippen LogP contribution is -2.09. The minimum Gasteiger partial charge on any atom is -0.495 e. The Kier molecular flexibility index (Phi) is 9.62. The molecule has 4 aromatic carbocycles. The molecule has 40 heavy (non-hydrogen) atoms. The van der Waals surface area contributed by atoms with Gasteiger partial charge in [0.15, 0.2) is 0 Å². The fraction of sp³-hybridized carbons (Fsp3) is 0.0625. The first-order valence-electron chi connectivity index (χ1n) is 12.2. The van der Waals surface area contributed by atoms with Crippen LogP contribution in [0.15, 0.2) is 97.1 Å². The summed E-state index contributed by atoms with van der Waals surface area (Å²) in [5.41, 5.74) is 4.17. The molecule has 2 N–H and O–H groups in total. The van der Waals surface area contributed by atoms with Crippen molar-refractivity contribution in [2.45, 2.75) is 0 Å². The Morgan fingerprint density at radius 2 is 1.02 bits per heavy atom. The van der Waals surface area contributed by atoms with Gasteiger partial charge in [-0.15, -0.1) is 0 Å². The monoisotopic (exact) mass is 572 g/mol. The van der Waals surface area contributed by atoms with Crippen LogP contribution in [0, 0.1) is 0 Å². The highest BCUT2D eigenvalue weighted by Gasteiger charge is 2.12. The number of hydrogen-bond donors (Lipinski definition) is 2. The fourth-order valence-electron chi connectivity index (χ4n) is 3.85. The normalized spacial score (nSPS) is 11.0. The third-order valence-corrected chi connectivity index (χ3v) is 6.58. The van der Waals surface area contributed by atoms with Crippen molar-refractivity contribution in [1.82, 2.24) is 0 Å². The van der Waals surface area contributed by atoms with Gasteiger partial charge in [-0.1, -0.05) is 71.7 Å². The number of methoxy groups -OCH3 is 2. The summed E-state index contributed by atoms with van der Waals surface area (Å²) >= 11 is 12.3. The molecule has 6 nitrogen and oxygen atoms in total. The number of hydrogen-bond acceptors (Lipinski definition) is 4. The average Bonchev–Trinajstić information content (AvgIpc) is 2.96. The Labute approximate surface area is 242 Å². The van der Waals surface area contributed by atoms with Gasteiger partial charge in [-0.25, -0.2) is 0 Å². The molecule has 0 bridgehead atoms. The molecular formula is C32H26Cl2N2O4. The summed E-state index contributed by atoms with van der Waals surface area (Å²) in [5.74, 6) is 0.323. The van der Waals surface area contributed by atoms with E-state index in [0.717, 1.165) is 22.3 Å². The van der Waals surface area contributed by atoms with E-state index >= 15 is 0 Å². The number of carbonyl (C=O) groups excluding carboxylic acids is 2. The van der Waals surface area contributed by atoms with Crippen LogP contribution in [0.25, 0.3) is 23.3 Å². The van der Waals surface area contributed by atoms with Crippen LogP contribution in [0.1, 0.15) is 11.1 Å². The predicted octanol–water partition coefficient (Wildman–Crippen LogP) is 7.98. The average molecular weight is 573 g/mol. The number of nitrogens with one attached hydrogen (secondary N) is 2. The van der Waals surface area contributed by atoms with E-state index in [-0.39, 0.29) is 11.8 Å². The van der Waals surface area contributed by atoms with Gasteiger partial charge in [0.2, 0.25) is 11.8 Å². The van der Waals surface area contributed by atoms with Crippen molar-refractivity contribution in [1.29, 1.82) is 0 Å². The highest BCUT2D eigenvalue weighted by molar-refractivity contribution is 6.32. The Hall–Kier alpha value is -4.52. The number of halogens is 2. The van der Waals surface area contributed by atoms with Gasteiger partial charge >= 0.3 is 0 Å². The van der Waals surface area contributed by atoms with E-state index in [1.54, 1.807) is 36.4 Å². The van der Waals surface area contributed by atoms with Gasteiger partial charge in [0.05, 0.1) is 25.6 Å². The van der Waals surface area contributed by atoms with Crippen LogP contribution in [0.5, 0.6) is 11.5 Å². The summed E-state index contributed by atoms with van der Waals surface area (Å²) in [6.45, 7) is 0. The first-order valence-corrected chi connectivity index (χ1v) is 13.0. The number of ether oxygens (including phenoxy) is 2. The van der Waals surface area contributed by atoms with Gasteiger partial charge in [0, 0.05) is 22.2 Å². The van der Waals surface area contributed by atoms with Gasteiger partial charge in [-0.3, -0.25) is 9.59 Å². The summed E-state index contributed by atoms with van der Waals surface area (Å²) in [7, 11) is 3.06. The number of carbonyl (C=O) groups is 2. The summed E-state index contributed by atoms with van der Waals surface area (Å²) in [4.78, 5) is 25.0. The van der Waals surface area contributed by atoms with Crippen molar-refractivity contribution in [2.24, 2.45) is 0 Å². The van der Waals surface area contributed by atoms with E-state index in [1.165, 1.54) is 26.4 Å². The molecule has 0 atom stereocenters. The van der Waals surface area contributed by atoms with E-state index in [2.05, 4.69) is 10.6 Å². The van der Waals surface area contributed by atoms with Gasteiger partial charge in [-0.05, 0) is 70.8 Å². The number of benzene rings is 4. The molecule has 0 fully saturated rings. The molecule has 2 amide bonds. The summed E-state index contributed by atoms with van der Waals surface area (Å²) in [6.07, 6.45) is 6.13. The quantitative estimate of drug-likeness (QED) is 0.199. The van der Waals surface area contributed by atoms with E-state index < -0.39 is 0 Å². The smallest absolute Gasteiger partial charge is 0.248 e. The minimum absolute atomic E-state index is 0.323. The maximum atomic E-state index is 12.5. The zero-order chi connectivity index (χ0) is 28.5. The molecule has 202 valence electrons. The second-order valence-electron chi connectivity index (χ2n) is 8.52. The van der Waals surface area contributed by atoms with Crippen LogP contribution in [0.3, 0.4) is 0 Å². The van der Waals surface area contributed by atoms with Crippen LogP contribution in [-0.4, -0.2) is 26.0 Å². The molecule has 0 aliphatic carbocycles. The zero-order valence-electron chi connectivity index (χ0n) is 21.8. The standard InChI is InChI=1S/C32H26Cl2N2O4/c1-39-29-19-23(11-15-27(29)35-31(37)17-13-21-7-3-5-9-25(21)33)24-12-16-28(30(20-24)40-2)36-32(38)18-14-22-8-4-6-10-26(22)34/h3-20H,1-2H3,(H,35,37)(H,36,38). The maximum Gasteiger partial charge on any atom is 0.248 e. The van der Waals surface area contributed by atoms with Crippen molar-refractivity contribution in [3.8, 4) is 22.6 Å². The zero-order valence-corrected chi connectivity index (χ0v) is 23.3. The van der Waals surface area contributed by atoms with Crippen molar-refractivity contribution in [3.05, 3.63) is 118 Å². The molecule has 4 rings (SSSR count). The molecule has 0 unspecified atom stereocenters. The number of anilines is 2. The van der Waals surface area contributed by atoms with E-state index in [1.807, 2.05) is 60.7 Å². The fourth-order valence-corrected chi connectivity index (χ4v) is 4.25. The molecule has 0 aliphatic heterocycles. The predicted molar refractivity (Wildman–Crippen MR) is 163 cm³/mol. The van der Waals surface area contributed by atoms with E-state index in [4.69, 9.17) is 32.7 Å². The second kappa shape index (κ2) is 13.5. The van der Waals surface area contributed by atoms with Gasteiger partial charge in [0.25, 0.3) is 0 Å². The number of rotatable bonds is 9. The largest absolute Gasteiger partial charge is 0.495 e. The molecule has 0 aromatic heterocycles. The Morgan fingerprint density at radius 3 is 1.40 bits per heavy atom. The lowest BCUT2D eigenvalue weighted by Gasteiger charge is -2.14. The van der Waals surface area contributed by atoms with Gasteiger partial charge in [-0.2, -0.15) is 0 Å². The topological polar surface area (TPSA) is 76.7 Å². The molecule has 0 saturated heterocycles. The Balaban J connectivity index is 1.48. The first-order chi connectivity index (χ1) is 19.4. The summed E-state index contributed by atoms with van der Waals surface area (Å²) < 4.78 is 11.1. The highest BCUT2D eigenvalue weighted by Crippen LogP contribution is 2.35. The second-order valence-corrected chi connectivity index (χ2v) is 9.33. The maximum absolute atomic E-state index is 12.5. The summed E-state index contributed by atoms with van der Waals surface area (Å²) in [5, 5.41) is 6.78. The summed E-state index contributed by atoms with van der Waals surface area (Å²) in [6, 6.07) is 25.4. The molecule has 0 spiro atoms. The minimum atomic E-state index is -0.323. The molecule has 0 aliphatic rings. The molecule has 8 heteroatoms. The van der Waals surface area contributed by atoms with Gasteiger partial charge in [0.1, 0.15) is 11.5 Å². The Morgan fingerprint density at radius 1 is 0.625 bits per heavy atom. The lowest BCUT2D eigenvalue weighted by atomic mass is 10.0. The third kappa shape index (κ3) is 7.32. The SMILES string of the molecule is COc1cc(-c2ccc(NC(=O)C=Cc3ccccc3Cl)c(OC)c2)ccc1NC(=O)C=Cc1ccccc1Cl. The van der Waals surface area contributed by atoms with E-state index in [9.17, 15) is 9.59 Å². The highest BCUT2D eigenvalue weighted by atomic mass is 35.5. The van der Waals surface area contributed by atoms with Crippen LogP contribution in [0.4, 0.5) is 11.4 Å². The number of amides is 2. The lowest BCUT2D eigenvalue weighted by molar-refractivity contribution is -0.112. The van der Waals surface area contributed by atoms with Crippen molar-refractivity contribution >= 4 is 58.5 Å². The molecule has 4 aromatic rings. The Bertz CT molecular complexity index is 1480. The van der Waals surface area contributed by atoms with Crippen LogP contribution < -0.4 is 20.1 Å². The van der Waals surface area contributed by atoms with Crippen LogP contribution >= 0.6 is 23.2 Å². The molecule has 0 radical (unpaired) electrons. The van der Waals surface area contributed by atoms with Crippen molar-refractivity contribution < 1.29 is 19.1 Å². The third-order valence-electron chi connectivity index (χ3n) is 5.89. The molecule has 0 saturated carbocycles. The van der Waals surface area contributed by atoms with Crippen LogP contribution in [-0.2, 0) is 9.59 Å². The van der Waals surface area contributed by atoms with E-state index in [0.29, 0.717) is 32.9 Å². The van der Waals surface area contributed by atoms with Gasteiger partial charge < -0.3 is 20.1 Å². The molecule has 0 heterocycles. The van der Waals surface area contributed by atoms with Crippen molar-refractivity contribution in [3.63, 3.8) is 0 Å². The van der Waals surface area contributed by atoms with Crippen molar-refractivity contribution in [2.75, 3.05) is 24.9 Å². The first kappa shape index (κ1) is 28.5.